The summed E-state index contributed by atoms with van der Waals surface area (Å²) < 4.78 is 73.1. The van der Waals surface area contributed by atoms with E-state index in [0.29, 0.717) is 30.7 Å². The van der Waals surface area contributed by atoms with E-state index in [2.05, 4.69) is 9.82 Å². The van der Waals surface area contributed by atoms with Crippen LogP contribution in [0.5, 0.6) is 5.75 Å². The van der Waals surface area contributed by atoms with E-state index >= 15 is 0 Å². The Hall–Kier alpha value is -1.78. The van der Waals surface area contributed by atoms with Crippen LogP contribution in [0.15, 0.2) is 23.1 Å². The zero-order chi connectivity index (χ0) is 20.5. The number of methoxy groups -OCH3 is 1. The van der Waals surface area contributed by atoms with Crippen molar-refractivity contribution in [1.82, 2.24) is 14.5 Å². The molecule has 1 aromatic carbocycles. The van der Waals surface area contributed by atoms with Crippen LogP contribution in [0.2, 0.25) is 5.02 Å². The molecule has 1 aromatic heterocycles. The fourth-order valence-corrected chi connectivity index (χ4v) is 4.64. The Morgan fingerprint density at radius 2 is 2.00 bits per heavy atom. The summed E-state index contributed by atoms with van der Waals surface area (Å²) in [7, 11) is -2.46. The summed E-state index contributed by atoms with van der Waals surface area (Å²) >= 11 is 5.95. The minimum absolute atomic E-state index is 0.00152. The Morgan fingerprint density at radius 1 is 1.29 bits per heavy atom. The Morgan fingerprint density at radius 3 is 2.64 bits per heavy atom. The predicted molar refractivity (Wildman–Crippen MR) is 97.1 cm³/mol. The predicted octanol–water partition coefficient (Wildman–Crippen LogP) is 3.42. The summed E-state index contributed by atoms with van der Waals surface area (Å²) in [5, 5.41) is 3.85. The van der Waals surface area contributed by atoms with Crippen LogP contribution in [0.3, 0.4) is 0 Å². The first kappa shape index (κ1) is 20.9. The number of sulfonamides is 1. The molecule has 1 aliphatic carbocycles. The normalized spacial score (nSPS) is 14.8. The zero-order valence-electron chi connectivity index (χ0n) is 15.0. The summed E-state index contributed by atoms with van der Waals surface area (Å²) in [5.74, 6) is 0.337. The molecule has 11 heteroatoms. The first-order valence-electron chi connectivity index (χ1n) is 8.62. The molecule has 0 radical (unpaired) electrons. The number of ether oxygens (including phenoxy) is 1. The zero-order valence-corrected chi connectivity index (χ0v) is 16.6. The van der Waals surface area contributed by atoms with Gasteiger partial charge in [-0.3, -0.25) is 4.68 Å². The van der Waals surface area contributed by atoms with Gasteiger partial charge in [-0.05, 0) is 43.9 Å². The van der Waals surface area contributed by atoms with Crippen molar-refractivity contribution in [2.75, 3.05) is 13.7 Å². The largest absolute Gasteiger partial charge is 0.495 e. The number of nitrogens with one attached hydrogen (secondary N) is 1. The van der Waals surface area contributed by atoms with Crippen LogP contribution in [0.25, 0.3) is 0 Å². The second-order valence-electron chi connectivity index (χ2n) is 6.40. The molecule has 28 heavy (non-hydrogen) atoms. The number of aromatic nitrogens is 2. The molecule has 0 fully saturated rings. The van der Waals surface area contributed by atoms with Crippen molar-refractivity contribution in [3.63, 3.8) is 0 Å². The van der Waals surface area contributed by atoms with Crippen molar-refractivity contribution < 1.29 is 26.3 Å². The lowest BCUT2D eigenvalue weighted by atomic mass is 9.95. The molecule has 0 saturated carbocycles. The van der Waals surface area contributed by atoms with Gasteiger partial charge < -0.3 is 4.74 Å². The third-order valence-electron chi connectivity index (χ3n) is 4.57. The van der Waals surface area contributed by atoms with Gasteiger partial charge in [0.25, 0.3) is 0 Å². The monoisotopic (exact) mass is 437 g/mol. The molecular formula is C17H19ClF3N3O3S. The van der Waals surface area contributed by atoms with E-state index in [1.807, 2.05) is 0 Å². The lowest BCUT2D eigenvalue weighted by Crippen LogP contribution is -2.28. The highest BCUT2D eigenvalue weighted by atomic mass is 35.5. The number of hydrogen-bond donors (Lipinski definition) is 1. The summed E-state index contributed by atoms with van der Waals surface area (Å²) in [5.41, 5.74) is -0.110. The molecular weight excluding hydrogens is 419 g/mol. The van der Waals surface area contributed by atoms with E-state index in [-0.39, 0.29) is 28.6 Å². The first-order valence-corrected chi connectivity index (χ1v) is 10.5. The minimum atomic E-state index is -4.52. The molecule has 1 heterocycles. The number of rotatable bonds is 6. The van der Waals surface area contributed by atoms with Crippen molar-refractivity contribution >= 4 is 21.6 Å². The van der Waals surface area contributed by atoms with Gasteiger partial charge in [-0.2, -0.15) is 18.3 Å². The Balaban J connectivity index is 1.74. The van der Waals surface area contributed by atoms with Crippen LogP contribution >= 0.6 is 11.6 Å². The maximum Gasteiger partial charge on any atom is 0.435 e. The van der Waals surface area contributed by atoms with E-state index in [0.717, 1.165) is 6.42 Å². The molecule has 1 N–H and O–H groups in total. The van der Waals surface area contributed by atoms with E-state index in [9.17, 15) is 21.6 Å². The van der Waals surface area contributed by atoms with Gasteiger partial charge in [-0.1, -0.05) is 11.6 Å². The van der Waals surface area contributed by atoms with Crippen molar-refractivity contribution in [3.8, 4) is 5.75 Å². The lowest BCUT2D eigenvalue weighted by molar-refractivity contribution is -0.142. The average Bonchev–Trinajstić information content (AvgIpc) is 3.01. The number of nitrogens with zero attached hydrogens (tertiary/aromatic N) is 2. The maximum absolute atomic E-state index is 13.2. The second-order valence-corrected chi connectivity index (χ2v) is 8.57. The van der Waals surface area contributed by atoms with E-state index in [1.54, 1.807) is 0 Å². The molecule has 0 unspecified atom stereocenters. The topological polar surface area (TPSA) is 73.2 Å². The van der Waals surface area contributed by atoms with Crippen LogP contribution in [-0.4, -0.2) is 31.9 Å². The van der Waals surface area contributed by atoms with Gasteiger partial charge in [-0.15, -0.1) is 0 Å². The Labute approximate surface area is 165 Å². The van der Waals surface area contributed by atoms with E-state index in [4.69, 9.17) is 16.3 Å². The average molecular weight is 438 g/mol. The number of alkyl halides is 3. The minimum Gasteiger partial charge on any atom is -0.495 e. The van der Waals surface area contributed by atoms with Crippen LogP contribution in [0.4, 0.5) is 13.2 Å². The summed E-state index contributed by atoms with van der Waals surface area (Å²) in [6.45, 7) is -0.0983. The van der Waals surface area contributed by atoms with Gasteiger partial charge in [0.2, 0.25) is 10.0 Å². The fraction of sp³-hybridized carbons (Fsp3) is 0.471. The molecule has 154 valence electrons. The van der Waals surface area contributed by atoms with Crippen LogP contribution in [-0.2, 0) is 35.6 Å². The fourth-order valence-electron chi connectivity index (χ4n) is 3.27. The quantitative estimate of drug-likeness (QED) is 0.751. The number of fused-ring (bicyclic) bond motifs is 1. The number of halogens is 4. The molecule has 1 aliphatic rings. The molecule has 6 nitrogen and oxygen atoms in total. The first-order chi connectivity index (χ1) is 13.1. The highest BCUT2D eigenvalue weighted by Crippen LogP contribution is 2.35. The standard InChI is InChI=1S/C17H19ClF3N3O3S/c1-27-15-7-6-11(10-13(15)18)28(25,26)22-8-9-24-14-5-3-2-4-12(14)16(23-24)17(19,20)21/h6-7,10,22H,2-5,8-9H2,1H3. The molecule has 3 rings (SSSR count). The van der Waals surface area contributed by atoms with E-state index in [1.165, 1.54) is 30.0 Å². The van der Waals surface area contributed by atoms with Gasteiger partial charge in [0, 0.05) is 17.8 Å². The maximum atomic E-state index is 13.2. The smallest absolute Gasteiger partial charge is 0.435 e. The highest BCUT2D eigenvalue weighted by Gasteiger charge is 2.39. The number of hydrogen-bond acceptors (Lipinski definition) is 4. The van der Waals surface area contributed by atoms with Crippen LogP contribution < -0.4 is 9.46 Å². The van der Waals surface area contributed by atoms with Crippen molar-refractivity contribution in [3.05, 3.63) is 40.2 Å². The Bertz CT molecular complexity index is 974. The number of benzene rings is 1. The van der Waals surface area contributed by atoms with Gasteiger partial charge in [-0.25, -0.2) is 13.1 Å². The van der Waals surface area contributed by atoms with Crippen LogP contribution in [0.1, 0.15) is 29.8 Å². The summed E-state index contributed by atoms with van der Waals surface area (Å²) in [6.07, 6.45) is -2.22. The van der Waals surface area contributed by atoms with Crippen molar-refractivity contribution in [2.24, 2.45) is 0 Å². The molecule has 0 spiro atoms. The molecule has 0 amide bonds. The van der Waals surface area contributed by atoms with Gasteiger partial charge in [0.1, 0.15) is 5.75 Å². The SMILES string of the molecule is COc1ccc(S(=O)(=O)NCCn2nc(C(F)(F)F)c3c2CCCC3)cc1Cl. The Kier molecular flexibility index (Phi) is 5.92. The van der Waals surface area contributed by atoms with Crippen molar-refractivity contribution in [2.45, 2.75) is 43.3 Å². The second kappa shape index (κ2) is 7.92. The van der Waals surface area contributed by atoms with Gasteiger partial charge in [0.15, 0.2) is 5.69 Å². The third kappa shape index (κ3) is 4.28. The molecule has 2 aromatic rings. The van der Waals surface area contributed by atoms with Gasteiger partial charge >= 0.3 is 6.18 Å². The third-order valence-corrected chi connectivity index (χ3v) is 6.33. The van der Waals surface area contributed by atoms with Gasteiger partial charge in [0.05, 0.1) is 23.6 Å². The molecule has 0 bridgehead atoms. The van der Waals surface area contributed by atoms with Crippen LogP contribution in [0, 0.1) is 0 Å². The van der Waals surface area contributed by atoms with Crippen molar-refractivity contribution in [1.29, 1.82) is 0 Å². The van der Waals surface area contributed by atoms with E-state index < -0.39 is 21.9 Å². The highest BCUT2D eigenvalue weighted by molar-refractivity contribution is 7.89. The molecule has 0 aliphatic heterocycles. The molecule has 0 saturated heterocycles. The molecule has 0 atom stereocenters. The lowest BCUT2D eigenvalue weighted by Gasteiger charge is -2.15. The summed E-state index contributed by atoms with van der Waals surface area (Å²) in [6, 6.07) is 4.02. The summed E-state index contributed by atoms with van der Waals surface area (Å²) in [4.78, 5) is -0.0585.